The normalized spacial score (nSPS) is 13.1. The van der Waals surface area contributed by atoms with Crippen LogP contribution in [0.15, 0.2) is 33.6 Å². The van der Waals surface area contributed by atoms with Gasteiger partial charge >= 0.3 is 0 Å². The van der Waals surface area contributed by atoms with Gasteiger partial charge in [0.1, 0.15) is 0 Å². The topological polar surface area (TPSA) is 39.2 Å². The first kappa shape index (κ1) is 8.81. The van der Waals surface area contributed by atoms with Crippen molar-refractivity contribution in [1.29, 1.82) is 0 Å². The molecule has 1 atom stereocenters. The zero-order valence-electron chi connectivity index (χ0n) is 6.74. The van der Waals surface area contributed by atoms with E-state index < -0.39 is 0 Å². The minimum atomic E-state index is -0.183. The molecule has 2 nitrogen and oxygen atoms in total. The summed E-state index contributed by atoms with van der Waals surface area (Å²) in [7, 11) is 0. The van der Waals surface area contributed by atoms with E-state index in [4.69, 9.17) is 21.8 Å². The van der Waals surface area contributed by atoms with E-state index in [0.717, 1.165) is 11.1 Å². The second-order valence-electron chi connectivity index (χ2n) is 2.68. The molecule has 0 radical (unpaired) electrons. The Balaban J connectivity index is 2.33. The first-order valence-corrected chi connectivity index (χ1v) is 5.11. The molecule has 2 rings (SSSR count). The molecule has 0 bridgehead atoms. The van der Waals surface area contributed by atoms with E-state index >= 15 is 0 Å². The summed E-state index contributed by atoms with van der Waals surface area (Å²) in [5, 5.41) is 4.37. The number of hydrogen-bond donors (Lipinski definition) is 1. The Morgan fingerprint density at radius 2 is 2.31 bits per heavy atom. The van der Waals surface area contributed by atoms with Gasteiger partial charge in [-0.2, -0.15) is 11.3 Å². The molecule has 1 unspecified atom stereocenters. The predicted octanol–water partition coefficient (Wildman–Crippen LogP) is 3.04. The lowest BCUT2D eigenvalue weighted by atomic mass is 10.1. The van der Waals surface area contributed by atoms with Gasteiger partial charge in [0.05, 0.1) is 12.3 Å². The number of furan rings is 1. The Kier molecular flexibility index (Phi) is 2.40. The molecule has 0 aromatic carbocycles. The molecule has 68 valence electrons. The molecule has 0 amide bonds. The SMILES string of the molecule is NC(c1ccsc1)c1ccoc1Cl. The molecule has 2 aromatic rings. The fraction of sp³-hybridized carbons (Fsp3) is 0.111. The fourth-order valence-electron chi connectivity index (χ4n) is 1.16. The van der Waals surface area contributed by atoms with Gasteiger partial charge in [0.15, 0.2) is 5.22 Å². The van der Waals surface area contributed by atoms with Gasteiger partial charge in [-0.05, 0) is 40.1 Å². The second kappa shape index (κ2) is 3.54. The Morgan fingerprint density at radius 3 is 2.85 bits per heavy atom. The lowest BCUT2D eigenvalue weighted by molar-refractivity contribution is 0.564. The van der Waals surface area contributed by atoms with Crippen molar-refractivity contribution in [2.24, 2.45) is 5.73 Å². The van der Waals surface area contributed by atoms with E-state index in [2.05, 4.69) is 0 Å². The highest BCUT2D eigenvalue weighted by Crippen LogP contribution is 2.28. The molecule has 0 spiro atoms. The Bertz CT molecular complexity index is 382. The molecule has 2 heterocycles. The van der Waals surface area contributed by atoms with Crippen molar-refractivity contribution in [3.63, 3.8) is 0 Å². The first-order valence-electron chi connectivity index (χ1n) is 3.79. The average molecular weight is 214 g/mol. The van der Waals surface area contributed by atoms with Crippen LogP contribution < -0.4 is 5.73 Å². The van der Waals surface area contributed by atoms with Crippen LogP contribution in [-0.2, 0) is 0 Å². The molecule has 13 heavy (non-hydrogen) atoms. The minimum absolute atomic E-state index is 0.183. The van der Waals surface area contributed by atoms with Crippen molar-refractivity contribution in [2.75, 3.05) is 0 Å². The Labute approximate surface area is 84.9 Å². The van der Waals surface area contributed by atoms with Crippen molar-refractivity contribution >= 4 is 22.9 Å². The number of hydrogen-bond acceptors (Lipinski definition) is 3. The maximum Gasteiger partial charge on any atom is 0.198 e. The van der Waals surface area contributed by atoms with Crippen LogP contribution in [0.1, 0.15) is 17.2 Å². The number of halogens is 1. The summed E-state index contributed by atoms with van der Waals surface area (Å²) in [5.74, 6) is 0. The standard InChI is InChI=1S/C9H8ClNOS/c10-9-7(1-3-12-9)8(11)6-2-4-13-5-6/h1-5,8H,11H2. The quantitative estimate of drug-likeness (QED) is 0.833. The second-order valence-corrected chi connectivity index (χ2v) is 3.81. The zero-order valence-corrected chi connectivity index (χ0v) is 8.31. The average Bonchev–Trinajstić information content (AvgIpc) is 2.72. The van der Waals surface area contributed by atoms with Crippen LogP contribution in [-0.4, -0.2) is 0 Å². The van der Waals surface area contributed by atoms with E-state index in [-0.39, 0.29) is 6.04 Å². The Morgan fingerprint density at radius 1 is 1.46 bits per heavy atom. The van der Waals surface area contributed by atoms with Crippen LogP contribution in [0, 0.1) is 0 Å². The molecule has 0 saturated carbocycles. The van der Waals surface area contributed by atoms with Crippen LogP contribution >= 0.6 is 22.9 Å². The maximum atomic E-state index is 5.97. The third-order valence-corrected chi connectivity index (χ3v) is 2.89. The lowest BCUT2D eigenvalue weighted by Gasteiger charge is -2.06. The number of rotatable bonds is 2. The molecular weight excluding hydrogens is 206 g/mol. The van der Waals surface area contributed by atoms with Crippen molar-refractivity contribution in [3.8, 4) is 0 Å². The maximum absolute atomic E-state index is 5.97. The third kappa shape index (κ3) is 1.63. The van der Waals surface area contributed by atoms with Gasteiger partial charge in [0, 0.05) is 5.56 Å². The lowest BCUT2D eigenvalue weighted by Crippen LogP contribution is -2.10. The van der Waals surface area contributed by atoms with Gasteiger partial charge in [-0.1, -0.05) is 0 Å². The first-order chi connectivity index (χ1) is 6.29. The summed E-state index contributed by atoms with van der Waals surface area (Å²) in [6.07, 6.45) is 1.55. The number of thiophene rings is 1. The van der Waals surface area contributed by atoms with Gasteiger partial charge in [-0.15, -0.1) is 0 Å². The highest BCUT2D eigenvalue weighted by Gasteiger charge is 2.14. The smallest absolute Gasteiger partial charge is 0.198 e. The van der Waals surface area contributed by atoms with E-state index in [1.54, 1.807) is 23.7 Å². The van der Waals surface area contributed by atoms with Gasteiger partial charge < -0.3 is 10.2 Å². The largest absolute Gasteiger partial charge is 0.453 e. The molecule has 0 aliphatic carbocycles. The van der Waals surface area contributed by atoms with Gasteiger partial charge in [0.25, 0.3) is 0 Å². The summed E-state index contributed by atoms with van der Waals surface area (Å²) in [4.78, 5) is 0. The van der Waals surface area contributed by atoms with Crippen LogP contribution in [0.4, 0.5) is 0 Å². The zero-order chi connectivity index (χ0) is 9.26. The van der Waals surface area contributed by atoms with Crippen molar-refractivity contribution < 1.29 is 4.42 Å². The summed E-state index contributed by atoms with van der Waals surface area (Å²) >= 11 is 7.43. The molecule has 0 aliphatic heterocycles. The van der Waals surface area contributed by atoms with Gasteiger partial charge in [0.2, 0.25) is 0 Å². The van der Waals surface area contributed by atoms with Gasteiger partial charge in [-0.3, -0.25) is 0 Å². The highest BCUT2D eigenvalue weighted by atomic mass is 35.5. The third-order valence-electron chi connectivity index (χ3n) is 1.88. The monoisotopic (exact) mass is 213 g/mol. The molecule has 0 aliphatic rings. The molecule has 2 aromatic heterocycles. The molecule has 4 heteroatoms. The van der Waals surface area contributed by atoms with Gasteiger partial charge in [-0.25, -0.2) is 0 Å². The predicted molar refractivity (Wildman–Crippen MR) is 54.1 cm³/mol. The van der Waals surface area contributed by atoms with E-state index in [1.807, 2.05) is 16.8 Å². The molecule has 2 N–H and O–H groups in total. The van der Waals surface area contributed by atoms with Crippen molar-refractivity contribution in [3.05, 3.63) is 45.5 Å². The van der Waals surface area contributed by atoms with Crippen molar-refractivity contribution in [1.82, 2.24) is 0 Å². The summed E-state index contributed by atoms with van der Waals surface area (Å²) in [6, 6.07) is 3.60. The summed E-state index contributed by atoms with van der Waals surface area (Å²) in [5.41, 5.74) is 7.86. The molecule has 0 saturated heterocycles. The van der Waals surface area contributed by atoms with Crippen LogP contribution in [0.2, 0.25) is 5.22 Å². The summed E-state index contributed by atoms with van der Waals surface area (Å²) in [6.45, 7) is 0. The van der Waals surface area contributed by atoms with Crippen LogP contribution in [0.5, 0.6) is 0 Å². The molecular formula is C9H8ClNOS. The van der Waals surface area contributed by atoms with E-state index in [0.29, 0.717) is 5.22 Å². The van der Waals surface area contributed by atoms with Crippen molar-refractivity contribution in [2.45, 2.75) is 6.04 Å². The molecule has 0 fully saturated rings. The van der Waals surface area contributed by atoms with E-state index in [1.165, 1.54) is 0 Å². The van der Waals surface area contributed by atoms with Crippen LogP contribution in [0.3, 0.4) is 0 Å². The number of nitrogens with two attached hydrogens (primary N) is 1. The summed E-state index contributed by atoms with van der Waals surface area (Å²) < 4.78 is 4.97. The fourth-order valence-corrected chi connectivity index (χ4v) is 2.09. The Hall–Kier alpha value is -0.770. The van der Waals surface area contributed by atoms with Crippen LogP contribution in [0.25, 0.3) is 0 Å². The van der Waals surface area contributed by atoms with E-state index in [9.17, 15) is 0 Å². The highest BCUT2D eigenvalue weighted by molar-refractivity contribution is 7.08. The minimum Gasteiger partial charge on any atom is -0.453 e.